The first kappa shape index (κ1) is 23.4. The molecule has 0 bridgehead atoms. The molecular weight excluding hydrogens is 471 g/mol. The van der Waals surface area contributed by atoms with Crippen molar-refractivity contribution < 1.29 is 23.0 Å². The Kier molecular flexibility index (Phi) is 11.0. The molecule has 1 aliphatic heterocycles. The van der Waals surface area contributed by atoms with E-state index in [4.69, 9.17) is 9.47 Å². The average molecular weight is 497 g/mol. The Morgan fingerprint density at radius 3 is 2.78 bits per heavy atom. The summed E-state index contributed by atoms with van der Waals surface area (Å²) in [7, 11) is 3.18. The zero-order valence-corrected chi connectivity index (χ0v) is 17.8. The number of halogens is 3. The smallest absolute Gasteiger partial charge is 0.387 e. The summed E-state index contributed by atoms with van der Waals surface area (Å²) >= 11 is 0. The van der Waals surface area contributed by atoms with Crippen LogP contribution in [0, 0.1) is 0 Å². The second-order valence-electron chi connectivity index (χ2n) is 5.64. The summed E-state index contributed by atoms with van der Waals surface area (Å²) in [5.41, 5.74) is 1.92. The number of alkyl halides is 2. The maximum absolute atomic E-state index is 12.6. The number of methoxy groups -OCH3 is 1. The predicted octanol–water partition coefficient (Wildman–Crippen LogP) is 3.32. The second-order valence-corrected chi connectivity index (χ2v) is 5.64. The molecule has 0 fully saturated rings. The monoisotopic (exact) mass is 497 g/mol. The van der Waals surface area contributed by atoms with Crippen LogP contribution in [0.25, 0.3) is 0 Å². The molecule has 0 aliphatic carbocycles. The van der Waals surface area contributed by atoms with Crippen LogP contribution in [0.1, 0.15) is 18.4 Å². The van der Waals surface area contributed by atoms with Crippen molar-refractivity contribution >= 4 is 29.9 Å². The summed E-state index contributed by atoms with van der Waals surface area (Å²) in [5, 5.41) is 6.32. The Hall–Kier alpha value is -1.62. The van der Waals surface area contributed by atoms with Crippen LogP contribution >= 0.6 is 24.0 Å². The molecule has 1 aliphatic rings. The Bertz CT molecular complexity index is 642. The second kappa shape index (κ2) is 12.7. The lowest BCUT2D eigenvalue weighted by Gasteiger charge is -2.17. The van der Waals surface area contributed by atoms with Crippen LogP contribution < -0.4 is 20.1 Å². The lowest BCUT2D eigenvalue weighted by Crippen LogP contribution is -2.37. The summed E-state index contributed by atoms with van der Waals surface area (Å²) in [5.74, 6) is 1.26. The van der Waals surface area contributed by atoms with Crippen LogP contribution in [0.4, 0.5) is 8.78 Å². The Morgan fingerprint density at radius 1 is 1.33 bits per heavy atom. The Morgan fingerprint density at radius 2 is 2.15 bits per heavy atom. The molecule has 0 saturated carbocycles. The van der Waals surface area contributed by atoms with Gasteiger partial charge in [0, 0.05) is 25.7 Å². The average Bonchev–Trinajstić information content (AvgIpc) is 2.65. The van der Waals surface area contributed by atoms with Gasteiger partial charge in [0.15, 0.2) is 5.96 Å². The van der Waals surface area contributed by atoms with E-state index in [0.29, 0.717) is 23.9 Å². The lowest BCUT2D eigenvalue weighted by molar-refractivity contribution is -0.0504. The van der Waals surface area contributed by atoms with Crippen molar-refractivity contribution in [3.8, 4) is 11.5 Å². The van der Waals surface area contributed by atoms with E-state index in [1.807, 2.05) is 0 Å². The topological polar surface area (TPSA) is 64.1 Å². The number of hydrogen-bond donors (Lipinski definition) is 2. The van der Waals surface area contributed by atoms with Gasteiger partial charge in [-0.05, 0) is 31.0 Å². The third-order valence-electron chi connectivity index (χ3n) is 3.95. The molecule has 0 spiro atoms. The molecule has 6 nitrogen and oxygen atoms in total. The number of ether oxygens (including phenoxy) is 3. The molecule has 2 rings (SSSR count). The van der Waals surface area contributed by atoms with Crippen molar-refractivity contribution in [1.82, 2.24) is 10.6 Å². The minimum Gasteiger partial charge on any atom is -0.497 e. The SMILES string of the molecule is CN=C(NCCC1=CCOCC1)NCc1cc(OC)ccc1OC(F)F.I. The highest BCUT2D eigenvalue weighted by Crippen LogP contribution is 2.25. The molecule has 0 saturated heterocycles. The van der Waals surface area contributed by atoms with E-state index in [1.54, 1.807) is 19.2 Å². The first-order valence-electron chi connectivity index (χ1n) is 8.44. The van der Waals surface area contributed by atoms with Crippen LogP contribution in [0.15, 0.2) is 34.8 Å². The van der Waals surface area contributed by atoms with Crippen LogP contribution in [-0.4, -0.2) is 46.5 Å². The highest BCUT2D eigenvalue weighted by molar-refractivity contribution is 14.0. The van der Waals surface area contributed by atoms with Crippen LogP contribution in [0.5, 0.6) is 11.5 Å². The third-order valence-corrected chi connectivity index (χ3v) is 3.95. The largest absolute Gasteiger partial charge is 0.497 e. The fraction of sp³-hybridized carbons (Fsp3) is 0.500. The maximum Gasteiger partial charge on any atom is 0.387 e. The van der Waals surface area contributed by atoms with E-state index < -0.39 is 6.61 Å². The van der Waals surface area contributed by atoms with Gasteiger partial charge in [0.25, 0.3) is 0 Å². The van der Waals surface area contributed by atoms with E-state index in [1.165, 1.54) is 18.7 Å². The van der Waals surface area contributed by atoms with Crippen molar-refractivity contribution in [2.45, 2.75) is 26.0 Å². The van der Waals surface area contributed by atoms with Gasteiger partial charge in [0.1, 0.15) is 11.5 Å². The molecule has 1 aromatic rings. The third kappa shape index (κ3) is 8.29. The van der Waals surface area contributed by atoms with Crippen LogP contribution in [-0.2, 0) is 11.3 Å². The van der Waals surface area contributed by atoms with E-state index in [-0.39, 0.29) is 36.3 Å². The summed E-state index contributed by atoms with van der Waals surface area (Å²) in [4.78, 5) is 4.15. The molecule has 0 radical (unpaired) electrons. The Labute approximate surface area is 175 Å². The number of aliphatic imine (C=N–C) groups is 1. The molecule has 1 aromatic carbocycles. The van der Waals surface area contributed by atoms with E-state index in [9.17, 15) is 8.78 Å². The summed E-state index contributed by atoms with van der Waals surface area (Å²) in [6, 6.07) is 4.70. The van der Waals surface area contributed by atoms with Crippen molar-refractivity contribution in [3.05, 3.63) is 35.4 Å². The molecule has 27 heavy (non-hydrogen) atoms. The van der Waals surface area contributed by atoms with Gasteiger partial charge < -0.3 is 24.8 Å². The van der Waals surface area contributed by atoms with Gasteiger partial charge in [0.2, 0.25) is 0 Å². The van der Waals surface area contributed by atoms with Gasteiger partial charge in [-0.15, -0.1) is 24.0 Å². The van der Waals surface area contributed by atoms with Gasteiger partial charge in [-0.3, -0.25) is 4.99 Å². The number of benzene rings is 1. The molecule has 2 N–H and O–H groups in total. The molecule has 1 heterocycles. The van der Waals surface area contributed by atoms with Gasteiger partial charge in [0.05, 0.1) is 20.3 Å². The lowest BCUT2D eigenvalue weighted by atomic mass is 10.1. The fourth-order valence-electron chi connectivity index (χ4n) is 2.57. The van der Waals surface area contributed by atoms with Crippen LogP contribution in [0.3, 0.4) is 0 Å². The van der Waals surface area contributed by atoms with Crippen molar-refractivity contribution in [1.29, 1.82) is 0 Å². The van der Waals surface area contributed by atoms with Crippen molar-refractivity contribution in [2.75, 3.05) is 33.9 Å². The van der Waals surface area contributed by atoms with Gasteiger partial charge in [-0.2, -0.15) is 8.78 Å². The first-order chi connectivity index (χ1) is 12.6. The molecule has 0 atom stereocenters. The number of hydrogen-bond acceptors (Lipinski definition) is 4. The van der Waals surface area contributed by atoms with E-state index in [2.05, 4.69) is 26.4 Å². The summed E-state index contributed by atoms with van der Waals surface area (Å²) < 4.78 is 40.1. The van der Waals surface area contributed by atoms with Crippen molar-refractivity contribution in [2.24, 2.45) is 4.99 Å². The molecule has 0 aromatic heterocycles. The number of guanidine groups is 1. The quantitative estimate of drug-likeness (QED) is 0.250. The van der Waals surface area contributed by atoms with Crippen molar-refractivity contribution in [3.63, 3.8) is 0 Å². The molecule has 0 unspecified atom stereocenters. The molecule has 152 valence electrons. The summed E-state index contributed by atoms with van der Waals surface area (Å²) in [6.45, 7) is -0.445. The number of rotatable bonds is 8. The minimum absolute atomic E-state index is 0. The number of nitrogens with zero attached hydrogens (tertiary/aromatic N) is 1. The fourth-order valence-corrected chi connectivity index (χ4v) is 2.57. The zero-order chi connectivity index (χ0) is 18.8. The predicted molar refractivity (Wildman–Crippen MR) is 111 cm³/mol. The number of nitrogens with one attached hydrogen (secondary N) is 2. The van der Waals surface area contributed by atoms with Gasteiger partial charge >= 0.3 is 6.61 Å². The first-order valence-corrected chi connectivity index (χ1v) is 8.44. The van der Waals surface area contributed by atoms with E-state index >= 15 is 0 Å². The highest BCUT2D eigenvalue weighted by atomic mass is 127. The molecular formula is C18H26F2IN3O3. The van der Waals surface area contributed by atoms with Crippen LogP contribution in [0.2, 0.25) is 0 Å². The summed E-state index contributed by atoms with van der Waals surface area (Å²) in [6.07, 6.45) is 3.96. The standard InChI is InChI=1S/C18H25F2N3O3.HI/c1-21-18(22-8-5-13-6-9-25-10-7-13)23-12-14-11-15(24-2)3-4-16(14)26-17(19)20;/h3-4,6,11,17H,5,7-10,12H2,1-2H3,(H2,21,22,23);1H. The van der Waals surface area contributed by atoms with Gasteiger partial charge in [-0.1, -0.05) is 11.6 Å². The van der Waals surface area contributed by atoms with E-state index in [0.717, 1.165) is 26.0 Å². The molecule has 9 heteroatoms. The zero-order valence-electron chi connectivity index (χ0n) is 15.5. The maximum atomic E-state index is 12.6. The van der Waals surface area contributed by atoms with Gasteiger partial charge in [-0.25, -0.2) is 0 Å². The highest BCUT2D eigenvalue weighted by Gasteiger charge is 2.12. The molecule has 0 amide bonds. The normalized spacial score (nSPS) is 14.3. The Balaban J connectivity index is 0.00000364. The minimum atomic E-state index is -2.88.